The molecule has 0 fully saturated rings. The summed E-state index contributed by atoms with van der Waals surface area (Å²) in [6.45, 7) is 5.49. The third kappa shape index (κ3) is 24.8. The summed E-state index contributed by atoms with van der Waals surface area (Å²) in [6, 6.07) is 0. The average Bonchev–Trinajstić information content (AvgIpc) is 2.22. The first-order chi connectivity index (χ1) is 7.18. The summed E-state index contributed by atoms with van der Waals surface area (Å²) in [5.74, 6) is 0. The van der Waals surface area contributed by atoms with Gasteiger partial charge in [0.2, 0.25) is 0 Å². The molecule has 3 N–H and O–H groups in total. The Kier molecular flexibility index (Phi) is 18.7. The van der Waals surface area contributed by atoms with Crippen molar-refractivity contribution in [2.45, 2.75) is 45.6 Å². The third-order valence-corrected chi connectivity index (χ3v) is 1.57. The Morgan fingerprint density at radius 1 is 1.07 bits per heavy atom. The lowest BCUT2D eigenvalue weighted by molar-refractivity contribution is 0.0450. The first-order valence-electron chi connectivity index (χ1n) is 5.66. The minimum absolute atomic E-state index is 0.195. The Balaban J connectivity index is 0. The molecule has 94 valence electrons. The molecule has 0 aliphatic heterocycles. The molecule has 0 amide bonds. The lowest BCUT2D eigenvalue weighted by Gasteiger charge is -2.03. The highest BCUT2D eigenvalue weighted by atomic mass is 16.5. The predicted molar refractivity (Wildman–Crippen MR) is 60.8 cm³/mol. The van der Waals surface area contributed by atoms with Crippen LogP contribution in [0.1, 0.15) is 39.5 Å². The molecule has 0 aliphatic carbocycles. The minimum atomic E-state index is -0.318. The summed E-state index contributed by atoms with van der Waals surface area (Å²) in [5.41, 5.74) is 0. The van der Waals surface area contributed by atoms with Crippen molar-refractivity contribution in [1.29, 1.82) is 0 Å². The third-order valence-electron chi connectivity index (χ3n) is 1.57. The van der Waals surface area contributed by atoms with Crippen molar-refractivity contribution >= 4 is 0 Å². The first kappa shape index (κ1) is 17.2. The van der Waals surface area contributed by atoms with Gasteiger partial charge >= 0.3 is 0 Å². The lowest BCUT2D eigenvalue weighted by atomic mass is 10.3. The predicted octanol–water partition coefficient (Wildman–Crippen LogP) is 0.935. The molecule has 15 heavy (non-hydrogen) atoms. The molecule has 0 spiro atoms. The summed E-state index contributed by atoms with van der Waals surface area (Å²) < 4.78 is 5.09. The van der Waals surface area contributed by atoms with Crippen LogP contribution < -0.4 is 0 Å². The highest BCUT2D eigenvalue weighted by molar-refractivity contribution is 4.40. The molecule has 0 saturated carbocycles. The zero-order valence-electron chi connectivity index (χ0n) is 9.98. The number of rotatable bonds is 8. The SMILES string of the molecule is CCCCOCC(C)O.OCCCCO. The second kappa shape index (κ2) is 16.3. The van der Waals surface area contributed by atoms with Crippen LogP contribution in [-0.2, 0) is 4.74 Å². The van der Waals surface area contributed by atoms with Crippen LogP contribution in [0, 0.1) is 0 Å². The van der Waals surface area contributed by atoms with Crippen LogP contribution in [0.2, 0.25) is 0 Å². The second-order valence-corrected chi connectivity index (χ2v) is 3.43. The van der Waals surface area contributed by atoms with Gasteiger partial charge in [-0.1, -0.05) is 13.3 Å². The molecule has 1 unspecified atom stereocenters. The van der Waals surface area contributed by atoms with Gasteiger partial charge in [0.1, 0.15) is 0 Å². The molecule has 0 aromatic heterocycles. The maximum Gasteiger partial charge on any atom is 0.0745 e. The normalized spacial score (nSPS) is 11.8. The quantitative estimate of drug-likeness (QED) is 0.534. The van der Waals surface area contributed by atoms with Crippen LogP contribution in [0.4, 0.5) is 0 Å². The van der Waals surface area contributed by atoms with E-state index in [1.807, 2.05) is 0 Å². The smallest absolute Gasteiger partial charge is 0.0745 e. The van der Waals surface area contributed by atoms with Crippen LogP contribution in [0.3, 0.4) is 0 Å². The second-order valence-electron chi connectivity index (χ2n) is 3.43. The Morgan fingerprint density at radius 3 is 1.93 bits per heavy atom. The Labute approximate surface area is 92.9 Å². The highest BCUT2D eigenvalue weighted by Crippen LogP contribution is 1.89. The maximum atomic E-state index is 8.73. The van der Waals surface area contributed by atoms with Crippen molar-refractivity contribution in [2.75, 3.05) is 26.4 Å². The topological polar surface area (TPSA) is 69.9 Å². The summed E-state index contributed by atoms with van der Waals surface area (Å²) in [5, 5.41) is 24.9. The van der Waals surface area contributed by atoms with Crippen LogP contribution in [0.15, 0.2) is 0 Å². The number of hydrogen-bond donors (Lipinski definition) is 3. The molecule has 0 aliphatic rings. The monoisotopic (exact) mass is 222 g/mol. The molecule has 1 atom stereocenters. The van der Waals surface area contributed by atoms with Gasteiger partial charge in [0, 0.05) is 19.8 Å². The van der Waals surface area contributed by atoms with Crippen molar-refractivity contribution in [3.63, 3.8) is 0 Å². The van der Waals surface area contributed by atoms with E-state index in [0.29, 0.717) is 6.61 Å². The highest BCUT2D eigenvalue weighted by Gasteiger charge is 1.92. The summed E-state index contributed by atoms with van der Waals surface area (Å²) >= 11 is 0. The summed E-state index contributed by atoms with van der Waals surface area (Å²) in [6.07, 6.45) is 3.36. The van der Waals surface area contributed by atoms with Gasteiger partial charge in [-0.15, -0.1) is 0 Å². The fourth-order valence-electron chi connectivity index (χ4n) is 0.724. The molecular formula is C11H26O4. The largest absolute Gasteiger partial charge is 0.396 e. The molecule has 4 nitrogen and oxygen atoms in total. The molecule has 0 heterocycles. The average molecular weight is 222 g/mol. The van der Waals surface area contributed by atoms with E-state index >= 15 is 0 Å². The first-order valence-corrected chi connectivity index (χ1v) is 5.66. The molecular weight excluding hydrogens is 196 g/mol. The van der Waals surface area contributed by atoms with Gasteiger partial charge in [-0.2, -0.15) is 0 Å². The summed E-state index contributed by atoms with van der Waals surface area (Å²) in [4.78, 5) is 0. The molecule has 0 aromatic carbocycles. The van der Waals surface area contributed by atoms with Gasteiger partial charge in [-0.05, 0) is 26.2 Å². The van der Waals surface area contributed by atoms with Crippen molar-refractivity contribution in [1.82, 2.24) is 0 Å². The number of aliphatic hydroxyl groups is 3. The Morgan fingerprint density at radius 2 is 1.60 bits per heavy atom. The van der Waals surface area contributed by atoms with E-state index in [1.54, 1.807) is 6.92 Å². The van der Waals surface area contributed by atoms with Crippen LogP contribution >= 0.6 is 0 Å². The van der Waals surface area contributed by atoms with E-state index in [4.69, 9.17) is 20.1 Å². The fourth-order valence-corrected chi connectivity index (χ4v) is 0.724. The van der Waals surface area contributed by atoms with E-state index in [-0.39, 0.29) is 19.3 Å². The van der Waals surface area contributed by atoms with Gasteiger partial charge in [-0.25, -0.2) is 0 Å². The van der Waals surface area contributed by atoms with E-state index < -0.39 is 0 Å². The summed E-state index contributed by atoms with van der Waals surface area (Å²) in [7, 11) is 0. The van der Waals surface area contributed by atoms with Gasteiger partial charge in [0.05, 0.1) is 12.7 Å². The Bertz CT molecular complexity index is 92.6. The van der Waals surface area contributed by atoms with Crippen molar-refractivity contribution in [3.05, 3.63) is 0 Å². The van der Waals surface area contributed by atoms with Crippen LogP contribution in [0.5, 0.6) is 0 Å². The van der Waals surface area contributed by atoms with E-state index in [2.05, 4.69) is 6.92 Å². The van der Waals surface area contributed by atoms with Crippen molar-refractivity contribution in [3.8, 4) is 0 Å². The van der Waals surface area contributed by atoms with Gasteiger partial charge in [0.25, 0.3) is 0 Å². The van der Waals surface area contributed by atoms with E-state index in [1.165, 1.54) is 0 Å². The van der Waals surface area contributed by atoms with Crippen molar-refractivity contribution in [2.24, 2.45) is 0 Å². The van der Waals surface area contributed by atoms with Gasteiger partial charge in [-0.3, -0.25) is 0 Å². The molecule has 0 rings (SSSR count). The number of ether oxygens (including phenoxy) is 1. The minimum Gasteiger partial charge on any atom is -0.396 e. The number of unbranched alkanes of at least 4 members (excludes halogenated alkanes) is 2. The number of hydrogen-bond acceptors (Lipinski definition) is 4. The molecule has 4 heteroatoms. The standard InChI is InChI=1S/C7H16O2.C4H10O2/c1-3-4-5-9-6-7(2)8;5-3-1-2-4-6/h7-8H,3-6H2,1-2H3;5-6H,1-4H2. The van der Waals surface area contributed by atoms with E-state index in [9.17, 15) is 0 Å². The zero-order chi connectivity index (χ0) is 11.9. The maximum absolute atomic E-state index is 8.73. The van der Waals surface area contributed by atoms with Crippen LogP contribution in [-0.4, -0.2) is 47.9 Å². The van der Waals surface area contributed by atoms with Crippen molar-refractivity contribution < 1.29 is 20.1 Å². The lowest BCUT2D eigenvalue weighted by Crippen LogP contribution is -2.10. The molecule has 0 aromatic rings. The van der Waals surface area contributed by atoms with E-state index in [0.717, 1.165) is 32.3 Å². The Hall–Kier alpha value is -0.160. The fraction of sp³-hybridized carbons (Fsp3) is 1.00. The van der Waals surface area contributed by atoms with Gasteiger partial charge < -0.3 is 20.1 Å². The number of aliphatic hydroxyl groups excluding tert-OH is 3. The van der Waals surface area contributed by atoms with Gasteiger partial charge in [0.15, 0.2) is 0 Å². The molecule has 0 bridgehead atoms. The van der Waals surface area contributed by atoms with Crippen LogP contribution in [0.25, 0.3) is 0 Å². The molecule has 0 saturated heterocycles. The molecule has 0 radical (unpaired) electrons. The zero-order valence-corrected chi connectivity index (χ0v) is 9.98.